The number of carbonyl (C=O) groups is 1. The van der Waals surface area contributed by atoms with Crippen molar-refractivity contribution in [3.8, 4) is 0 Å². The van der Waals surface area contributed by atoms with Crippen LogP contribution in [-0.2, 0) is 28.9 Å². The molecule has 0 aliphatic carbocycles. The van der Waals surface area contributed by atoms with Gasteiger partial charge in [-0.25, -0.2) is 4.98 Å². The van der Waals surface area contributed by atoms with E-state index in [1.807, 2.05) is 12.1 Å². The molecule has 0 spiro atoms. The number of ether oxygens (including phenoxy) is 1. The van der Waals surface area contributed by atoms with Crippen molar-refractivity contribution in [2.45, 2.75) is 25.8 Å². The van der Waals surface area contributed by atoms with Gasteiger partial charge in [-0.1, -0.05) is 0 Å². The maximum absolute atomic E-state index is 11.2. The molecule has 0 aliphatic rings. The molecule has 0 amide bonds. The molecule has 108 valence electrons. The summed E-state index contributed by atoms with van der Waals surface area (Å²) in [5.41, 5.74) is 0. The maximum atomic E-state index is 11.2. The molecule has 0 saturated carbocycles. The highest BCUT2D eigenvalue weighted by Gasteiger charge is 2.06. The minimum Gasteiger partial charge on any atom is -0.469 e. The average Bonchev–Trinajstić information content (AvgIpc) is 3.10. The normalized spacial score (nSPS) is 10.7. The van der Waals surface area contributed by atoms with Crippen LogP contribution in [0.5, 0.6) is 0 Å². The van der Waals surface area contributed by atoms with Gasteiger partial charge in [0.2, 0.25) is 0 Å². The first kappa shape index (κ1) is 14.7. The summed E-state index contributed by atoms with van der Waals surface area (Å²) in [5, 5.41) is 10.0. The van der Waals surface area contributed by atoms with Crippen LogP contribution in [0.25, 0.3) is 0 Å². The van der Waals surface area contributed by atoms with Gasteiger partial charge in [0, 0.05) is 22.7 Å². The minimum atomic E-state index is -0.196. The Bertz CT molecular complexity index is 524. The number of nitrogens with one attached hydrogen (secondary N) is 2. The third-order valence-electron chi connectivity index (χ3n) is 2.79. The summed E-state index contributed by atoms with van der Waals surface area (Å²) in [7, 11) is 1.41. The standard InChI is InChI=1S/C13H18N4O2S/c1-19-13(18)7-10-4-5-11(20-10)8-14-6-2-3-12-15-9-16-17-12/h4-5,9,14H,2-3,6-8H2,1H3,(H,15,16,17). The summed E-state index contributed by atoms with van der Waals surface area (Å²) < 4.78 is 4.65. The average molecular weight is 294 g/mol. The number of hydrogen-bond donors (Lipinski definition) is 2. The van der Waals surface area contributed by atoms with Gasteiger partial charge in [0.05, 0.1) is 13.5 Å². The van der Waals surface area contributed by atoms with E-state index in [-0.39, 0.29) is 5.97 Å². The zero-order valence-electron chi connectivity index (χ0n) is 11.4. The Balaban J connectivity index is 1.63. The second-order valence-electron chi connectivity index (χ2n) is 4.33. The van der Waals surface area contributed by atoms with Gasteiger partial charge >= 0.3 is 5.97 Å². The molecule has 2 aromatic rings. The lowest BCUT2D eigenvalue weighted by Crippen LogP contribution is -2.14. The van der Waals surface area contributed by atoms with Gasteiger partial charge < -0.3 is 10.1 Å². The zero-order valence-corrected chi connectivity index (χ0v) is 12.2. The summed E-state index contributed by atoms with van der Waals surface area (Å²) in [5.74, 6) is 0.724. The Morgan fingerprint density at radius 1 is 1.45 bits per heavy atom. The third kappa shape index (κ3) is 4.75. The molecule has 6 nitrogen and oxygen atoms in total. The van der Waals surface area contributed by atoms with Gasteiger partial charge in [-0.15, -0.1) is 11.3 Å². The lowest BCUT2D eigenvalue weighted by Gasteiger charge is -2.01. The summed E-state index contributed by atoms with van der Waals surface area (Å²) >= 11 is 1.64. The fraction of sp³-hybridized carbons (Fsp3) is 0.462. The molecule has 0 aromatic carbocycles. The fourth-order valence-electron chi connectivity index (χ4n) is 1.77. The van der Waals surface area contributed by atoms with Crippen molar-refractivity contribution in [1.29, 1.82) is 0 Å². The molecule has 0 unspecified atom stereocenters. The van der Waals surface area contributed by atoms with Crippen molar-refractivity contribution in [3.05, 3.63) is 34.0 Å². The van der Waals surface area contributed by atoms with E-state index in [9.17, 15) is 4.79 Å². The number of nitrogens with zero attached hydrogens (tertiary/aromatic N) is 2. The van der Waals surface area contributed by atoms with E-state index in [4.69, 9.17) is 0 Å². The van der Waals surface area contributed by atoms with Gasteiger partial charge in [-0.05, 0) is 25.1 Å². The van der Waals surface area contributed by atoms with E-state index in [1.165, 1.54) is 18.3 Å². The molecule has 20 heavy (non-hydrogen) atoms. The Morgan fingerprint density at radius 3 is 3.05 bits per heavy atom. The highest BCUT2D eigenvalue weighted by molar-refractivity contribution is 7.12. The van der Waals surface area contributed by atoms with Gasteiger partial charge in [-0.3, -0.25) is 9.89 Å². The molecule has 0 saturated heterocycles. The number of thiophene rings is 1. The summed E-state index contributed by atoms with van der Waals surface area (Å²) in [6, 6.07) is 4.03. The van der Waals surface area contributed by atoms with Crippen molar-refractivity contribution < 1.29 is 9.53 Å². The summed E-state index contributed by atoms with van der Waals surface area (Å²) in [6.45, 7) is 1.74. The van der Waals surface area contributed by atoms with Crippen molar-refractivity contribution in [2.24, 2.45) is 0 Å². The molecule has 2 N–H and O–H groups in total. The van der Waals surface area contributed by atoms with Crippen LogP contribution in [-0.4, -0.2) is 34.8 Å². The topological polar surface area (TPSA) is 79.9 Å². The summed E-state index contributed by atoms with van der Waals surface area (Å²) in [4.78, 5) is 17.5. The van der Waals surface area contributed by atoms with Gasteiger partial charge in [-0.2, -0.15) is 5.10 Å². The molecule has 0 aliphatic heterocycles. The maximum Gasteiger partial charge on any atom is 0.310 e. The number of aryl methyl sites for hydroxylation is 1. The molecule has 2 heterocycles. The number of aromatic amines is 1. The van der Waals surface area contributed by atoms with Crippen LogP contribution in [0.15, 0.2) is 18.5 Å². The SMILES string of the molecule is COC(=O)Cc1ccc(CNCCCc2ncn[nH]2)s1. The lowest BCUT2D eigenvalue weighted by molar-refractivity contribution is -0.139. The molecule has 2 aromatic heterocycles. The molecule has 0 bridgehead atoms. The number of esters is 1. The Kier molecular flexibility index (Phi) is 5.69. The third-order valence-corrected chi connectivity index (χ3v) is 3.88. The first-order chi connectivity index (χ1) is 9.78. The number of hydrogen-bond acceptors (Lipinski definition) is 6. The first-order valence-electron chi connectivity index (χ1n) is 6.47. The number of H-pyrrole nitrogens is 1. The van der Waals surface area contributed by atoms with Gasteiger partial charge in [0.1, 0.15) is 12.2 Å². The first-order valence-corrected chi connectivity index (χ1v) is 7.29. The van der Waals surface area contributed by atoms with Gasteiger partial charge in [0.25, 0.3) is 0 Å². The largest absolute Gasteiger partial charge is 0.469 e. The molecule has 0 fully saturated rings. The predicted molar refractivity (Wildman–Crippen MR) is 76.4 cm³/mol. The Morgan fingerprint density at radius 2 is 2.30 bits per heavy atom. The molecule has 0 radical (unpaired) electrons. The van der Waals surface area contributed by atoms with Crippen LogP contribution in [0, 0.1) is 0 Å². The van der Waals surface area contributed by atoms with E-state index in [1.54, 1.807) is 11.3 Å². The Hall–Kier alpha value is -1.73. The quantitative estimate of drug-likeness (QED) is 0.567. The van der Waals surface area contributed by atoms with Crippen molar-refractivity contribution in [1.82, 2.24) is 20.5 Å². The van der Waals surface area contributed by atoms with Crippen LogP contribution in [0.2, 0.25) is 0 Å². The number of methoxy groups -OCH3 is 1. The molecular formula is C13H18N4O2S. The van der Waals surface area contributed by atoms with Crippen molar-refractivity contribution >= 4 is 17.3 Å². The van der Waals surface area contributed by atoms with Crippen LogP contribution < -0.4 is 5.32 Å². The second kappa shape index (κ2) is 7.76. The highest BCUT2D eigenvalue weighted by Crippen LogP contribution is 2.17. The van der Waals surface area contributed by atoms with E-state index in [0.29, 0.717) is 6.42 Å². The lowest BCUT2D eigenvalue weighted by atomic mass is 10.3. The van der Waals surface area contributed by atoms with Crippen LogP contribution in [0.1, 0.15) is 22.0 Å². The molecule has 0 atom stereocenters. The number of aromatic nitrogens is 3. The molecule has 7 heteroatoms. The number of carbonyl (C=O) groups excluding carboxylic acids is 1. The molecular weight excluding hydrogens is 276 g/mol. The fourth-order valence-corrected chi connectivity index (χ4v) is 2.74. The highest BCUT2D eigenvalue weighted by atomic mass is 32.1. The van der Waals surface area contributed by atoms with Crippen molar-refractivity contribution in [3.63, 3.8) is 0 Å². The number of rotatable bonds is 8. The summed E-state index contributed by atoms with van der Waals surface area (Å²) in [6.07, 6.45) is 3.78. The zero-order chi connectivity index (χ0) is 14.2. The van der Waals surface area contributed by atoms with Crippen LogP contribution in [0.4, 0.5) is 0 Å². The Labute approximate surface area is 121 Å². The molecule has 2 rings (SSSR count). The van der Waals surface area contributed by atoms with Gasteiger partial charge in [0.15, 0.2) is 0 Å². The van der Waals surface area contributed by atoms with Crippen LogP contribution in [0.3, 0.4) is 0 Å². The van der Waals surface area contributed by atoms with Crippen molar-refractivity contribution in [2.75, 3.05) is 13.7 Å². The second-order valence-corrected chi connectivity index (χ2v) is 5.59. The van der Waals surface area contributed by atoms with E-state index in [2.05, 4.69) is 25.2 Å². The monoisotopic (exact) mass is 294 g/mol. The predicted octanol–water partition coefficient (Wildman–Crippen LogP) is 1.30. The smallest absolute Gasteiger partial charge is 0.310 e. The van der Waals surface area contributed by atoms with E-state index in [0.717, 1.165) is 36.6 Å². The minimum absolute atomic E-state index is 0.196. The van der Waals surface area contributed by atoms with E-state index < -0.39 is 0 Å². The van der Waals surface area contributed by atoms with E-state index >= 15 is 0 Å². The van der Waals surface area contributed by atoms with Crippen LogP contribution >= 0.6 is 11.3 Å².